The predicted molar refractivity (Wildman–Crippen MR) is 136 cm³/mol. The predicted octanol–water partition coefficient (Wildman–Crippen LogP) is 6.34. The van der Waals surface area contributed by atoms with Crippen LogP contribution in [0.3, 0.4) is 0 Å². The van der Waals surface area contributed by atoms with Gasteiger partial charge in [-0.25, -0.2) is 4.98 Å². The largest absolute Gasteiger partial charge is 0.446 e. The number of nitrogens with zero attached hydrogens (tertiary/aromatic N) is 3. The van der Waals surface area contributed by atoms with Gasteiger partial charge in [-0.3, -0.25) is 9.36 Å². The number of halogens is 3. The Labute approximate surface area is 225 Å². The quantitative estimate of drug-likeness (QED) is 0.190. The molecule has 3 aromatic rings. The van der Waals surface area contributed by atoms with Gasteiger partial charge in [0.1, 0.15) is 5.66 Å². The van der Waals surface area contributed by atoms with Crippen LogP contribution in [0.15, 0.2) is 39.9 Å². The lowest BCUT2D eigenvalue weighted by Gasteiger charge is -2.24. The summed E-state index contributed by atoms with van der Waals surface area (Å²) in [5.41, 5.74) is -5.48. The van der Waals surface area contributed by atoms with Crippen molar-refractivity contribution in [3.63, 3.8) is 0 Å². The number of benzene rings is 1. The fraction of sp³-hybridized carbons (Fsp3) is 0.478. The maximum absolute atomic E-state index is 13.6. The van der Waals surface area contributed by atoms with Crippen LogP contribution in [0.5, 0.6) is 0 Å². The Morgan fingerprint density at radius 3 is 2.42 bits per heavy atom. The topological polar surface area (TPSA) is 116 Å². The maximum atomic E-state index is 13.6. The van der Waals surface area contributed by atoms with Gasteiger partial charge in [0.2, 0.25) is 11.8 Å². The summed E-state index contributed by atoms with van der Waals surface area (Å²) in [5.74, 6) is -0.213. The number of nitrogens with one attached hydrogen (secondary N) is 1. The number of aromatic nitrogens is 3. The van der Waals surface area contributed by atoms with Crippen molar-refractivity contribution in [2.45, 2.75) is 61.5 Å². The highest BCUT2D eigenvalue weighted by Gasteiger charge is 2.50. The number of hydrogen-bond acceptors (Lipinski definition) is 10. The minimum Gasteiger partial charge on any atom is -0.339 e. The number of thioether (sulfide) groups is 1. The zero-order valence-electron chi connectivity index (χ0n) is 20.8. The first-order valence-corrected chi connectivity index (χ1v) is 15.0. The van der Waals surface area contributed by atoms with Crippen molar-refractivity contribution in [1.29, 1.82) is 0 Å². The minimum atomic E-state index is -4.37. The van der Waals surface area contributed by atoms with Gasteiger partial charge in [0.25, 0.3) is 0 Å². The van der Waals surface area contributed by atoms with E-state index in [2.05, 4.69) is 20.4 Å². The summed E-state index contributed by atoms with van der Waals surface area (Å²) in [6.07, 6.45) is 2.76. The third-order valence-electron chi connectivity index (χ3n) is 5.81. The van der Waals surface area contributed by atoms with Crippen LogP contribution >= 0.6 is 30.7 Å². The first-order chi connectivity index (χ1) is 18.0. The second kappa shape index (κ2) is 11.5. The van der Waals surface area contributed by atoms with Crippen LogP contribution in [0.4, 0.5) is 18.3 Å². The zero-order chi connectivity index (χ0) is 27.6. The average Bonchev–Trinajstić information content (AvgIpc) is 3.32. The van der Waals surface area contributed by atoms with Crippen molar-refractivity contribution >= 4 is 41.7 Å². The van der Waals surface area contributed by atoms with Crippen LogP contribution in [0.2, 0.25) is 0 Å². The molecule has 1 fully saturated rings. The van der Waals surface area contributed by atoms with E-state index in [0.29, 0.717) is 23.8 Å². The number of hydrogen-bond donors (Lipinski definition) is 1. The molecule has 9 nitrogen and oxygen atoms in total. The summed E-state index contributed by atoms with van der Waals surface area (Å²) in [6, 6.07) is 6.08. The van der Waals surface area contributed by atoms with Crippen LogP contribution in [-0.2, 0) is 30.2 Å². The molecule has 1 unspecified atom stereocenters. The van der Waals surface area contributed by atoms with Crippen molar-refractivity contribution in [2.75, 3.05) is 18.5 Å². The van der Waals surface area contributed by atoms with Gasteiger partial charge >= 0.3 is 13.1 Å². The lowest BCUT2D eigenvalue weighted by Crippen LogP contribution is -2.31. The number of anilines is 1. The van der Waals surface area contributed by atoms with Crippen LogP contribution in [0.1, 0.15) is 48.8 Å². The Hall–Kier alpha value is -2.25. The number of rotatable bonds is 12. The second-order valence-electron chi connectivity index (χ2n) is 8.53. The molecule has 0 saturated heterocycles. The minimum absolute atomic E-state index is 0.0538. The molecule has 1 aliphatic rings. The van der Waals surface area contributed by atoms with Gasteiger partial charge in [0, 0.05) is 16.0 Å². The van der Waals surface area contributed by atoms with E-state index in [4.69, 9.17) is 13.6 Å². The van der Waals surface area contributed by atoms with Crippen molar-refractivity contribution in [3.8, 4) is 0 Å². The molecule has 15 heteroatoms. The first kappa shape index (κ1) is 28.8. The van der Waals surface area contributed by atoms with Crippen molar-refractivity contribution in [2.24, 2.45) is 0 Å². The Morgan fingerprint density at radius 1 is 1.24 bits per heavy atom. The summed E-state index contributed by atoms with van der Waals surface area (Å²) in [6.45, 7) is 5.23. The van der Waals surface area contributed by atoms with Gasteiger partial charge in [0.05, 0.1) is 25.0 Å². The summed E-state index contributed by atoms with van der Waals surface area (Å²) >= 11 is 1.08. The molecular weight excluding hydrogens is 564 g/mol. The van der Waals surface area contributed by atoms with Gasteiger partial charge in [-0.1, -0.05) is 17.3 Å². The molecule has 0 aliphatic heterocycles. The van der Waals surface area contributed by atoms with Crippen LogP contribution in [-0.4, -0.2) is 45.4 Å². The monoisotopic (exact) mass is 590 g/mol. The molecule has 1 saturated carbocycles. The van der Waals surface area contributed by atoms with E-state index in [1.54, 1.807) is 32.2 Å². The normalized spacial score (nSPS) is 15.8. The molecule has 38 heavy (non-hydrogen) atoms. The van der Waals surface area contributed by atoms with E-state index in [-0.39, 0.29) is 42.2 Å². The first-order valence-electron chi connectivity index (χ1n) is 11.8. The van der Waals surface area contributed by atoms with E-state index < -0.39 is 30.1 Å². The molecule has 2 aromatic heterocycles. The maximum Gasteiger partial charge on any atom is 0.446 e. The van der Waals surface area contributed by atoms with Gasteiger partial charge in [-0.2, -0.15) is 18.2 Å². The van der Waals surface area contributed by atoms with E-state index >= 15 is 0 Å². The van der Waals surface area contributed by atoms with E-state index in [1.165, 1.54) is 23.5 Å². The summed E-state index contributed by atoms with van der Waals surface area (Å²) in [5, 5.41) is 7.10. The number of carbonyl (C=O) groups is 1. The van der Waals surface area contributed by atoms with Crippen LogP contribution in [0, 0.1) is 6.92 Å². The van der Waals surface area contributed by atoms with Crippen molar-refractivity contribution < 1.29 is 36.1 Å². The molecule has 1 aliphatic carbocycles. The number of carbonyl (C=O) groups excluding carboxylic acids is 1. The molecule has 4 rings (SSSR count). The fourth-order valence-electron chi connectivity index (χ4n) is 3.97. The van der Waals surface area contributed by atoms with Gasteiger partial charge in [-0.15, -0.1) is 11.3 Å². The Morgan fingerprint density at radius 2 is 1.89 bits per heavy atom. The molecule has 0 spiro atoms. The van der Waals surface area contributed by atoms with E-state index in [0.717, 1.165) is 10.4 Å². The average molecular weight is 591 g/mol. The smallest absolute Gasteiger partial charge is 0.339 e. The molecule has 1 N–H and O–H groups in total. The number of alkyl halides is 3. The number of amides is 1. The van der Waals surface area contributed by atoms with E-state index in [9.17, 15) is 22.5 Å². The highest BCUT2D eigenvalue weighted by atomic mass is 32.2. The third kappa shape index (κ3) is 6.66. The molecule has 0 radical (unpaired) electrons. The van der Waals surface area contributed by atoms with Gasteiger partial charge in [0.15, 0.2) is 11.0 Å². The van der Waals surface area contributed by atoms with Crippen molar-refractivity contribution in [3.05, 3.63) is 52.6 Å². The molecular formula is C23H26F3N4O5PS2. The molecule has 1 amide bonds. The molecule has 0 bridgehead atoms. The Kier molecular flexibility index (Phi) is 8.68. The molecule has 1 aromatic carbocycles. The molecule has 206 valence electrons. The molecule has 2 heterocycles. The van der Waals surface area contributed by atoms with Crippen molar-refractivity contribution in [1.82, 2.24) is 15.1 Å². The summed E-state index contributed by atoms with van der Waals surface area (Å²) < 4.78 is 68.0. The van der Waals surface area contributed by atoms with E-state index in [1.807, 2.05) is 6.92 Å². The van der Waals surface area contributed by atoms with Gasteiger partial charge < -0.3 is 18.9 Å². The second-order valence-corrected chi connectivity index (χ2v) is 13.1. The van der Waals surface area contributed by atoms with Crippen LogP contribution in [0.25, 0.3) is 0 Å². The SMILES string of the molecule is CCOP(=O)(OCC)C(Cc1nc(C2(c3ccc(SC(F)(F)F)cc3)CC2)no1)C(=O)Nc1ncc(C)s1. The highest BCUT2D eigenvalue weighted by Crippen LogP contribution is 2.55. The number of thiazole rings is 1. The Balaban J connectivity index is 1.57. The standard InChI is InChI=1S/C23H26F3N4O5PS2/c1-4-33-36(32,34-5-2)17(19(31)29-21-27-13-14(3)37-21)12-18-28-20(30-35-18)22(10-11-22)15-6-8-16(9-7-15)38-23(24,25)26/h6-9,13,17H,4-5,10-12H2,1-3H3,(H,27,29,31). The zero-order valence-corrected chi connectivity index (χ0v) is 23.3. The molecule has 1 atom stereocenters. The lowest BCUT2D eigenvalue weighted by molar-refractivity contribution is -0.116. The summed E-state index contributed by atoms with van der Waals surface area (Å²) in [4.78, 5) is 22.8. The Bertz CT molecular complexity index is 1300. The lowest BCUT2D eigenvalue weighted by atomic mass is 9.95. The fourth-order valence-corrected chi connectivity index (χ4v) is 7.06. The third-order valence-corrected chi connectivity index (χ3v) is 9.79. The van der Waals surface area contributed by atoms with Crippen LogP contribution < -0.4 is 5.32 Å². The summed E-state index contributed by atoms with van der Waals surface area (Å²) in [7, 11) is -3.94. The number of aryl methyl sites for hydroxylation is 1. The van der Waals surface area contributed by atoms with Gasteiger partial charge in [-0.05, 0) is 63.1 Å². The highest BCUT2D eigenvalue weighted by molar-refractivity contribution is 8.00.